The van der Waals surface area contributed by atoms with Gasteiger partial charge in [-0.2, -0.15) is 0 Å². The maximum absolute atomic E-state index is 4.59. The summed E-state index contributed by atoms with van der Waals surface area (Å²) in [4.78, 5) is 4.59. The Kier molecular flexibility index (Phi) is 5.43. The van der Waals surface area contributed by atoms with Gasteiger partial charge in [0.15, 0.2) is 0 Å². The zero-order chi connectivity index (χ0) is 27.3. The third-order valence-electron chi connectivity index (χ3n) is 8.42. The fraction of sp³-hybridized carbons (Fsp3) is 0.0250. The Morgan fingerprint density at radius 1 is 0.390 bits per heavy atom. The first-order chi connectivity index (χ1) is 20.2. The lowest BCUT2D eigenvalue weighted by Gasteiger charge is -2.19. The quantitative estimate of drug-likeness (QED) is 0.211. The molecule has 8 aromatic rings. The molecular formula is C40H27N. The summed E-state index contributed by atoms with van der Waals surface area (Å²) in [6.07, 6.45) is 1.87. The molecule has 7 aromatic carbocycles. The van der Waals surface area contributed by atoms with Crippen molar-refractivity contribution in [3.63, 3.8) is 0 Å². The highest BCUT2D eigenvalue weighted by Gasteiger charge is 2.18. The number of fused-ring (bicyclic) bond motifs is 4. The fourth-order valence-corrected chi connectivity index (χ4v) is 6.45. The Balaban J connectivity index is 1.52. The van der Waals surface area contributed by atoms with Crippen LogP contribution in [0.5, 0.6) is 0 Å². The molecule has 41 heavy (non-hydrogen) atoms. The van der Waals surface area contributed by atoms with Gasteiger partial charge in [-0.3, -0.25) is 4.98 Å². The van der Waals surface area contributed by atoms with E-state index in [4.69, 9.17) is 0 Å². The normalized spacial score (nSPS) is 11.5. The summed E-state index contributed by atoms with van der Waals surface area (Å²) in [7, 11) is 0. The number of benzene rings is 7. The summed E-state index contributed by atoms with van der Waals surface area (Å²) in [5.74, 6) is 0. The van der Waals surface area contributed by atoms with Crippen molar-refractivity contribution in [2.24, 2.45) is 0 Å². The first-order valence-corrected chi connectivity index (χ1v) is 14.1. The predicted molar refractivity (Wildman–Crippen MR) is 175 cm³/mol. The Morgan fingerprint density at radius 3 is 1.51 bits per heavy atom. The zero-order valence-corrected chi connectivity index (χ0v) is 22.8. The summed E-state index contributed by atoms with van der Waals surface area (Å²) >= 11 is 0. The minimum atomic E-state index is 1.04. The fourth-order valence-electron chi connectivity index (χ4n) is 6.45. The van der Waals surface area contributed by atoms with Crippen LogP contribution in [0.1, 0.15) is 5.69 Å². The van der Waals surface area contributed by atoms with Gasteiger partial charge >= 0.3 is 0 Å². The van der Waals surface area contributed by atoms with Crippen molar-refractivity contribution in [2.75, 3.05) is 0 Å². The van der Waals surface area contributed by atoms with Crippen LogP contribution in [0.2, 0.25) is 0 Å². The molecule has 0 fully saturated rings. The maximum atomic E-state index is 4.59. The number of nitrogens with zero attached hydrogens (tertiary/aromatic N) is 1. The molecule has 0 aliphatic carbocycles. The van der Waals surface area contributed by atoms with Gasteiger partial charge in [0.1, 0.15) is 0 Å². The topological polar surface area (TPSA) is 12.9 Å². The lowest BCUT2D eigenvalue weighted by molar-refractivity contribution is 1.20. The minimum absolute atomic E-state index is 1.04. The molecule has 0 saturated carbocycles. The summed E-state index contributed by atoms with van der Waals surface area (Å²) in [5, 5.41) is 10.1. The molecule has 0 spiro atoms. The molecule has 0 atom stereocenters. The zero-order valence-electron chi connectivity index (χ0n) is 22.8. The molecule has 1 nitrogen and oxygen atoms in total. The average molecular weight is 522 g/mol. The molecule has 192 valence electrons. The number of hydrogen-bond acceptors (Lipinski definition) is 1. The van der Waals surface area contributed by atoms with E-state index in [0.29, 0.717) is 0 Å². The highest BCUT2D eigenvalue weighted by molar-refractivity contribution is 6.22. The Hall–Kier alpha value is -5.27. The lowest BCUT2D eigenvalue weighted by atomic mass is 9.84. The minimum Gasteiger partial charge on any atom is -0.261 e. The third-order valence-corrected chi connectivity index (χ3v) is 8.42. The van der Waals surface area contributed by atoms with E-state index in [-0.39, 0.29) is 0 Å². The molecule has 0 saturated heterocycles. The van der Waals surface area contributed by atoms with Crippen LogP contribution >= 0.6 is 0 Å². The first kappa shape index (κ1) is 23.6. The Morgan fingerprint density at radius 2 is 0.902 bits per heavy atom. The molecule has 0 amide bonds. The summed E-state index contributed by atoms with van der Waals surface area (Å²) in [6, 6.07) is 51.0. The van der Waals surface area contributed by atoms with Crippen molar-refractivity contribution < 1.29 is 0 Å². The van der Waals surface area contributed by atoms with Crippen molar-refractivity contribution in [3.8, 4) is 33.4 Å². The number of aromatic nitrogens is 1. The monoisotopic (exact) mass is 521 g/mol. The van der Waals surface area contributed by atoms with E-state index in [1.54, 1.807) is 0 Å². The van der Waals surface area contributed by atoms with Gasteiger partial charge in [0, 0.05) is 17.5 Å². The van der Waals surface area contributed by atoms with Crippen molar-refractivity contribution in [3.05, 3.63) is 151 Å². The molecule has 1 heteroatoms. The molecule has 1 aromatic heterocycles. The van der Waals surface area contributed by atoms with E-state index in [2.05, 4.69) is 145 Å². The van der Waals surface area contributed by atoms with Gasteiger partial charge in [0.25, 0.3) is 0 Å². The summed E-state index contributed by atoms with van der Waals surface area (Å²) in [6.45, 7) is 2.09. The second-order valence-electron chi connectivity index (χ2n) is 10.8. The Bertz CT molecular complexity index is 2270. The number of rotatable bonds is 3. The summed E-state index contributed by atoms with van der Waals surface area (Å²) < 4.78 is 0. The molecular weight excluding hydrogens is 494 g/mol. The van der Waals surface area contributed by atoms with Gasteiger partial charge < -0.3 is 0 Å². The van der Waals surface area contributed by atoms with Crippen molar-refractivity contribution in [2.45, 2.75) is 6.92 Å². The van der Waals surface area contributed by atoms with Gasteiger partial charge in [-0.15, -0.1) is 0 Å². The highest BCUT2D eigenvalue weighted by Crippen LogP contribution is 2.45. The SMILES string of the molecule is Cc1ncccc1-c1ccc2c(-c3ccc4ccccc4c3)c3ccccc3c(-c3ccc4ccccc4c3)c2c1. The predicted octanol–water partition coefficient (Wildman–Crippen LogP) is 11.0. The second kappa shape index (κ2) is 9.43. The molecule has 0 aliphatic heterocycles. The van der Waals surface area contributed by atoms with Gasteiger partial charge in [-0.25, -0.2) is 0 Å². The van der Waals surface area contributed by atoms with E-state index in [0.717, 1.165) is 5.69 Å². The number of aryl methyl sites for hydroxylation is 1. The first-order valence-electron chi connectivity index (χ1n) is 14.1. The van der Waals surface area contributed by atoms with E-state index >= 15 is 0 Å². The van der Waals surface area contributed by atoms with Crippen LogP contribution in [-0.2, 0) is 0 Å². The molecule has 1 heterocycles. The summed E-state index contributed by atoms with van der Waals surface area (Å²) in [5.41, 5.74) is 8.41. The standard InChI is InChI=1S/C40H27N/c1-26-34(15-8-22-41-26)31-20-21-37-38(25-31)40(33-19-17-28-10-3-5-12-30(28)24-33)36-14-7-6-13-35(36)39(37)32-18-16-27-9-2-4-11-29(27)23-32/h2-25H,1H3. The van der Waals surface area contributed by atoms with Crippen molar-refractivity contribution in [1.29, 1.82) is 0 Å². The van der Waals surface area contributed by atoms with E-state index in [9.17, 15) is 0 Å². The maximum Gasteiger partial charge on any atom is 0.0450 e. The van der Waals surface area contributed by atoms with Crippen LogP contribution in [0, 0.1) is 6.92 Å². The van der Waals surface area contributed by atoms with Crippen LogP contribution < -0.4 is 0 Å². The average Bonchev–Trinajstić information content (AvgIpc) is 3.03. The molecule has 0 aliphatic rings. The Labute approximate surface area is 239 Å². The number of hydrogen-bond donors (Lipinski definition) is 0. The van der Waals surface area contributed by atoms with Crippen LogP contribution in [0.25, 0.3) is 76.5 Å². The van der Waals surface area contributed by atoms with Crippen LogP contribution in [0.3, 0.4) is 0 Å². The number of pyridine rings is 1. The molecule has 0 radical (unpaired) electrons. The largest absolute Gasteiger partial charge is 0.261 e. The third kappa shape index (κ3) is 3.90. The smallest absolute Gasteiger partial charge is 0.0450 e. The van der Waals surface area contributed by atoms with Gasteiger partial charge in [0.05, 0.1) is 0 Å². The molecule has 0 unspecified atom stereocenters. The van der Waals surface area contributed by atoms with E-state index < -0.39 is 0 Å². The second-order valence-corrected chi connectivity index (χ2v) is 10.8. The van der Waals surface area contributed by atoms with Crippen molar-refractivity contribution in [1.82, 2.24) is 4.98 Å². The highest BCUT2D eigenvalue weighted by atomic mass is 14.7. The van der Waals surface area contributed by atoms with Crippen LogP contribution in [0.15, 0.2) is 146 Å². The van der Waals surface area contributed by atoms with Gasteiger partial charge in [-0.05, 0) is 102 Å². The van der Waals surface area contributed by atoms with Gasteiger partial charge in [-0.1, -0.05) is 115 Å². The molecule has 8 rings (SSSR count). The molecule has 0 bridgehead atoms. The van der Waals surface area contributed by atoms with Crippen LogP contribution in [0.4, 0.5) is 0 Å². The lowest BCUT2D eigenvalue weighted by Crippen LogP contribution is -1.93. The van der Waals surface area contributed by atoms with E-state index in [1.165, 1.54) is 76.5 Å². The van der Waals surface area contributed by atoms with E-state index in [1.807, 2.05) is 12.3 Å². The molecule has 0 N–H and O–H groups in total. The van der Waals surface area contributed by atoms with Crippen molar-refractivity contribution >= 4 is 43.1 Å². The van der Waals surface area contributed by atoms with Gasteiger partial charge in [0.2, 0.25) is 0 Å². The van der Waals surface area contributed by atoms with Crippen LogP contribution in [-0.4, -0.2) is 4.98 Å².